The minimum Gasteiger partial charge on any atom is -0.508 e. The standard InChI is InChI=1S/C37H37NO2/c1-26-5-14-32(15-6-26)38(34-16-7-27(2)28(3)25-34)33-17-8-29(9-18-33)23-24-37(4,30-10-19-35(39)20-11-30)31-12-21-36(40)22-13-31/h5-22,25,39-40H,23-24H2,1-4H3. The topological polar surface area (TPSA) is 43.7 Å². The number of phenols is 2. The molecule has 0 saturated heterocycles. The maximum atomic E-state index is 9.88. The predicted molar refractivity (Wildman–Crippen MR) is 166 cm³/mol. The van der Waals surface area contributed by atoms with Crippen molar-refractivity contribution in [1.82, 2.24) is 0 Å². The molecule has 0 atom stereocenters. The number of hydrogen-bond donors (Lipinski definition) is 2. The van der Waals surface area contributed by atoms with Gasteiger partial charge in [-0.05, 0) is 122 Å². The summed E-state index contributed by atoms with van der Waals surface area (Å²) in [5.41, 5.74) is 10.4. The molecule has 0 spiro atoms. The highest BCUT2D eigenvalue weighted by Gasteiger charge is 2.29. The Morgan fingerprint density at radius 1 is 0.550 bits per heavy atom. The number of nitrogens with zero attached hydrogens (tertiary/aromatic N) is 1. The van der Waals surface area contributed by atoms with Gasteiger partial charge in [-0.3, -0.25) is 0 Å². The summed E-state index contributed by atoms with van der Waals surface area (Å²) in [6.45, 7) is 8.66. The third kappa shape index (κ3) is 5.74. The Hall–Kier alpha value is -4.50. The van der Waals surface area contributed by atoms with Crippen LogP contribution < -0.4 is 4.90 Å². The summed E-state index contributed by atoms with van der Waals surface area (Å²) < 4.78 is 0. The van der Waals surface area contributed by atoms with E-state index in [1.54, 1.807) is 24.3 Å². The van der Waals surface area contributed by atoms with Crippen molar-refractivity contribution in [3.05, 3.63) is 149 Å². The predicted octanol–water partition coefficient (Wildman–Crippen LogP) is 9.43. The van der Waals surface area contributed by atoms with E-state index in [2.05, 4.69) is 99.3 Å². The van der Waals surface area contributed by atoms with E-state index in [0.717, 1.165) is 41.0 Å². The van der Waals surface area contributed by atoms with Crippen LogP contribution in [0.1, 0.15) is 46.7 Å². The van der Waals surface area contributed by atoms with Crippen LogP contribution in [-0.4, -0.2) is 10.2 Å². The lowest BCUT2D eigenvalue weighted by Crippen LogP contribution is -2.24. The maximum absolute atomic E-state index is 9.88. The summed E-state index contributed by atoms with van der Waals surface area (Å²) in [4.78, 5) is 2.31. The molecule has 0 radical (unpaired) electrons. The lowest BCUT2D eigenvalue weighted by atomic mass is 9.72. The first-order valence-electron chi connectivity index (χ1n) is 13.8. The second-order valence-electron chi connectivity index (χ2n) is 11.0. The summed E-state index contributed by atoms with van der Waals surface area (Å²) in [5, 5.41) is 19.8. The van der Waals surface area contributed by atoms with E-state index in [4.69, 9.17) is 0 Å². The Kier molecular flexibility index (Phi) is 7.66. The summed E-state index contributed by atoms with van der Waals surface area (Å²) in [6.07, 6.45) is 1.76. The van der Waals surface area contributed by atoms with Gasteiger partial charge >= 0.3 is 0 Å². The number of rotatable bonds is 8. The molecule has 5 rings (SSSR count). The summed E-state index contributed by atoms with van der Waals surface area (Å²) >= 11 is 0. The van der Waals surface area contributed by atoms with Crippen molar-refractivity contribution in [1.29, 1.82) is 0 Å². The molecule has 0 amide bonds. The summed E-state index contributed by atoms with van der Waals surface area (Å²) in [7, 11) is 0. The molecule has 0 heterocycles. The zero-order chi connectivity index (χ0) is 28.3. The lowest BCUT2D eigenvalue weighted by molar-refractivity contribution is 0.470. The molecule has 0 saturated carbocycles. The summed E-state index contributed by atoms with van der Waals surface area (Å²) in [5.74, 6) is 0.517. The number of hydrogen-bond acceptors (Lipinski definition) is 3. The molecule has 2 N–H and O–H groups in total. The van der Waals surface area contributed by atoms with E-state index in [0.29, 0.717) is 0 Å². The zero-order valence-electron chi connectivity index (χ0n) is 23.7. The molecule has 5 aromatic carbocycles. The third-order valence-electron chi connectivity index (χ3n) is 8.16. The number of benzene rings is 5. The third-order valence-corrected chi connectivity index (χ3v) is 8.16. The smallest absolute Gasteiger partial charge is 0.115 e. The highest BCUT2D eigenvalue weighted by Crippen LogP contribution is 2.39. The SMILES string of the molecule is Cc1ccc(N(c2ccc(CCC(C)(c3ccc(O)cc3)c3ccc(O)cc3)cc2)c2ccc(C)c(C)c2)cc1. The van der Waals surface area contributed by atoms with Crippen LogP contribution in [0.3, 0.4) is 0 Å². The fourth-order valence-electron chi connectivity index (χ4n) is 5.33. The Morgan fingerprint density at radius 2 is 1.02 bits per heavy atom. The molecular weight excluding hydrogens is 490 g/mol. The first-order chi connectivity index (χ1) is 19.2. The lowest BCUT2D eigenvalue weighted by Gasteiger charge is -2.31. The highest BCUT2D eigenvalue weighted by atomic mass is 16.3. The molecule has 0 aliphatic rings. The van der Waals surface area contributed by atoms with Gasteiger partial charge in [-0.15, -0.1) is 0 Å². The molecule has 3 heteroatoms. The Bertz CT molecular complexity index is 1520. The van der Waals surface area contributed by atoms with Crippen molar-refractivity contribution < 1.29 is 10.2 Å². The summed E-state index contributed by atoms with van der Waals surface area (Å²) in [6, 6.07) is 39.1. The van der Waals surface area contributed by atoms with Gasteiger partial charge < -0.3 is 15.1 Å². The van der Waals surface area contributed by atoms with Gasteiger partial charge in [0.15, 0.2) is 0 Å². The molecule has 0 unspecified atom stereocenters. The van der Waals surface area contributed by atoms with E-state index in [1.165, 1.54) is 22.3 Å². The average molecular weight is 528 g/mol. The van der Waals surface area contributed by atoms with Gasteiger partial charge in [-0.1, -0.05) is 67.1 Å². The minimum absolute atomic E-state index is 0.259. The fourth-order valence-corrected chi connectivity index (χ4v) is 5.33. The monoisotopic (exact) mass is 527 g/mol. The zero-order valence-corrected chi connectivity index (χ0v) is 23.7. The van der Waals surface area contributed by atoms with Crippen molar-refractivity contribution in [2.24, 2.45) is 0 Å². The first kappa shape index (κ1) is 27.1. The van der Waals surface area contributed by atoms with Gasteiger partial charge in [0.05, 0.1) is 0 Å². The molecule has 40 heavy (non-hydrogen) atoms. The van der Waals surface area contributed by atoms with Crippen molar-refractivity contribution in [2.75, 3.05) is 4.90 Å². The quantitative estimate of drug-likeness (QED) is 0.211. The maximum Gasteiger partial charge on any atom is 0.115 e. The Balaban J connectivity index is 1.44. The van der Waals surface area contributed by atoms with Crippen LogP contribution in [0, 0.1) is 20.8 Å². The molecular formula is C37H37NO2. The van der Waals surface area contributed by atoms with E-state index in [9.17, 15) is 10.2 Å². The molecule has 0 bridgehead atoms. The molecule has 0 aromatic heterocycles. The van der Waals surface area contributed by atoms with Gasteiger partial charge in [-0.25, -0.2) is 0 Å². The van der Waals surface area contributed by atoms with E-state index >= 15 is 0 Å². The Labute approximate surface area is 238 Å². The Morgan fingerprint density at radius 3 is 1.52 bits per heavy atom. The molecule has 0 aliphatic heterocycles. The molecule has 202 valence electrons. The van der Waals surface area contributed by atoms with Crippen LogP contribution in [0.4, 0.5) is 17.1 Å². The van der Waals surface area contributed by atoms with Crippen molar-refractivity contribution in [3.63, 3.8) is 0 Å². The second kappa shape index (κ2) is 11.3. The van der Waals surface area contributed by atoms with Crippen LogP contribution in [-0.2, 0) is 11.8 Å². The van der Waals surface area contributed by atoms with Crippen LogP contribution >= 0.6 is 0 Å². The number of phenolic OH excluding ortho intramolecular Hbond substituents is 2. The fraction of sp³-hybridized carbons (Fsp3) is 0.189. The second-order valence-corrected chi connectivity index (χ2v) is 11.0. The van der Waals surface area contributed by atoms with Gasteiger partial charge in [0, 0.05) is 22.5 Å². The van der Waals surface area contributed by atoms with Crippen molar-refractivity contribution >= 4 is 17.1 Å². The van der Waals surface area contributed by atoms with E-state index in [1.807, 2.05) is 24.3 Å². The van der Waals surface area contributed by atoms with E-state index < -0.39 is 0 Å². The van der Waals surface area contributed by atoms with Gasteiger partial charge in [0.2, 0.25) is 0 Å². The van der Waals surface area contributed by atoms with E-state index in [-0.39, 0.29) is 16.9 Å². The van der Waals surface area contributed by atoms with Gasteiger partial charge in [0.1, 0.15) is 11.5 Å². The van der Waals surface area contributed by atoms with Crippen LogP contribution in [0.2, 0.25) is 0 Å². The molecule has 0 aliphatic carbocycles. The van der Waals surface area contributed by atoms with Crippen LogP contribution in [0.5, 0.6) is 11.5 Å². The largest absolute Gasteiger partial charge is 0.508 e. The van der Waals surface area contributed by atoms with Crippen LogP contribution in [0.15, 0.2) is 115 Å². The van der Waals surface area contributed by atoms with Crippen molar-refractivity contribution in [2.45, 2.75) is 46.0 Å². The van der Waals surface area contributed by atoms with Crippen molar-refractivity contribution in [3.8, 4) is 11.5 Å². The molecule has 3 nitrogen and oxygen atoms in total. The first-order valence-corrected chi connectivity index (χ1v) is 13.8. The molecule has 0 fully saturated rings. The normalized spacial score (nSPS) is 11.4. The number of aryl methyl sites for hydroxylation is 4. The van der Waals surface area contributed by atoms with Gasteiger partial charge in [0.25, 0.3) is 0 Å². The number of aromatic hydroxyl groups is 2. The van der Waals surface area contributed by atoms with Crippen LogP contribution in [0.25, 0.3) is 0 Å². The highest BCUT2D eigenvalue weighted by molar-refractivity contribution is 5.77. The number of anilines is 3. The average Bonchev–Trinajstić information content (AvgIpc) is 2.96. The minimum atomic E-state index is -0.284. The van der Waals surface area contributed by atoms with Gasteiger partial charge in [-0.2, -0.15) is 0 Å². The molecule has 5 aromatic rings.